The van der Waals surface area contributed by atoms with Crippen molar-refractivity contribution in [1.82, 2.24) is 20.2 Å². The molecule has 142 valence electrons. The van der Waals surface area contributed by atoms with Gasteiger partial charge in [0.2, 0.25) is 0 Å². The van der Waals surface area contributed by atoms with E-state index in [1.165, 1.54) is 0 Å². The van der Waals surface area contributed by atoms with E-state index in [4.69, 9.17) is 9.72 Å². The molecular weight excluding hydrogens is 340 g/mol. The molecule has 0 saturated carbocycles. The normalized spacial score (nSPS) is 17.4. The van der Waals surface area contributed by atoms with Crippen molar-refractivity contribution in [2.45, 2.75) is 38.6 Å². The number of para-hydroxylation sites is 1. The number of rotatable bonds is 4. The molecule has 1 saturated heterocycles. The van der Waals surface area contributed by atoms with Crippen LogP contribution in [0, 0.1) is 0 Å². The summed E-state index contributed by atoms with van der Waals surface area (Å²) in [5.74, 6) is 2.08. The first-order chi connectivity index (χ1) is 13.3. The smallest absolute Gasteiger partial charge is 0.257 e. The highest BCUT2D eigenvalue weighted by atomic mass is 16.5. The fourth-order valence-electron chi connectivity index (χ4n) is 3.88. The van der Waals surface area contributed by atoms with Gasteiger partial charge < -0.3 is 15.0 Å². The molecule has 6 heteroatoms. The molecule has 1 amide bonds. The van der Waals surface area contributed by atoms with E-state index in [2.05, 4.69) is 10.3 Å². The molecule has 0 spiro atoms. The van der Waals surface area contributed by atoms with Gasteiger partial charge in [-0.1, -0.05) is 12.1 Å². The molecule has 6 nitrogen and oxygen atoms in total. The highest BCUT2D eigenvalue weighted by Gasteiger charge is 2.26. The quantitative estimate of drug-likeness (QED) is 0.901. The fraction of sp³-hybridized carbons (Fsp3) is 0.476. The zero-order valence-corrected chi connectivity index (χ0v) is 15.8. The van der Waals surface area contributed by atoms with Crippen LogP contribution in [0.1, 0.15) is 53.1 Å². The van der Waals surface area contributed by atoms with E-state index in [-0.39, 0.29) is 5.91 Å². The van der Waals surface area contributed by atoms with Crippen molar-refractivity contribution in [2.75, 3.05) is 26.2 Å². The molecule has 1 fully saturated rings. The monoisotopic (exact) mass is 366 g/mol. The highest BCUT2D eigenvalue weighted by molar-refractivity contribution is 5.97. The van der Waals surface area contributed by atoms with Crippen LogP contribution in [-0.2, 0) is 13.0 Å². The van der Waals surface area contributed by atoms with Crippen LogP contribution in [0.25, 0.3) is 0 Å². The Hall–Kier alpha value is -2.47. The highest BCUT2D eigenvalue weighted by Crippen LogP contribution is 2.26. The number of carbonyl (C=O) groups excluding carboxylic acids is 1. The largest absolute Gasteiger partial charge is 0.493 e. The average Bonchev–Trinajstić information content (AvgIpc) is 2.74. The van der Waals surface area contributed by atoms with Gasteiger partial charge >= 0.3 is 0 Å². The Bertz CT molecular complexity index is 818. The van der Waals surface area contributed by atoms with Gasteiger partial charge in [0.15, 0.2) is 0 Å². The second-order valence-electron chi connectivity index (χ2n) is 7.13. The van der Waals surface area contributed by atoms with Crippen molar-refractivity contribution >= 4 is 5.91 Å². The number of hydrogen-bond donors (Lipinski definition) is 1. The predicted octanol–water partition coefficient (Wildman–Crippen LogP) is 2.54. The first kappa shape index (κ1) is 17.9. The fourth-order valence-corrected chi connectivity index (χ4v) is 3.88. The van der Waals surface area contributed by atoms with E-state index < -0.39 is 0 Å². The van der Waals surface area contributed by atoms with Crippen LogP contribution in [0.15, 0.2) is 30.5 Å². The lowest BCUT2D eigenvalue weighted by molar-refractivity contribution is 0.0729. The van der Waals surface area contributed by atoms with Crippen molar-refractivity contribution in [1.29, 1.82) is 0 Å². The number of carbonyl (C=O) groups is 1. The van der Waals surface area contributed by atoms with Crippen LogP contribution in [-0.4, -0.2) is 47.0 Å². The van der Waals surface area contributed by atoms with Gasteiger partial charge in [-0.25, -0.2) is 9.97 Å². The predicted molar refractivity (Wildman–Crippen MR) is 103 cm³/mol. The minimum Gasteiger partial charge on any atom is -0.493 e. The molecule has 0 bridgehead atoms. The molecule has 0 radical (unpaired) electrons. The molecule has 2 aliphatic rings. The zero-order valence-electron chi connectivity index (χ0n) is 15.8. The second-order valence-corrected chi connectivity index (χ2v) is 7.13. The molecule has 0 atom stereocenters. The number of hydrogen-bond acceptors (Lipinski definition) is 5. The summed E-state index contributed by atoms with van der Waals surface area (Å²) in [6.07, 6.45) is 4.89. The molecule has 4 rings (SSSR count). The minimum absolute atomic E-state index is 0.00660. The summed E-state index contributed by atoms with van der Waals surface area (Å²) in [7, 11) is 0. The first-order valence-electron chi connectivity index (χ1n) is 9.82. The Kier molecular flexibility index (Phi) is 5.34. The van der Waals surface area contributed by atoms with Crippen LogP contribution < -0.4 is 10.1 Å². The number of ether oxygens (including phenoxy) is 1. The summed E-state index contributed by atoms with van der Waals surface area (Å²) in [6, 6.07) is 7.45. The molecule has 0 unspecified atom stereocenters. The third kappa shape index (κ3) is 3.81. The lowest BCUT2D eigenvalue weighted by Gasteiger charge is -2.29. The van der Waals surface area contributed by atoms with Crippen LogP contribution in [0.2, 0.25) is 0 Å². The summed E-state index contributed by atoms with van der Waals surface area (Å²) < 4.78 is 5.62. The zero-order chi connectivity index (χ0) is 18.6. The summed E-state index contributed by atoms with van der Waals surface area (Å²) in [6.45, 7) is 5.77. The molecule has 1 aromatic heterocycles. The number of piperidine rings is 1. The van der Waals surface area contributed by atoms with Gasteiger partial charge in [-0.3, -0.25) is 4.79 Å². The van der Waals surface area contributed by atoms with E-state index in [1.54, 1.807) is 0 Å². The SMILES string of the molecule is CCOc1ccccc1C(=O)N1CCc2nc(C3CCNCC3)ncc2C1. The van der Waals surface area contributed by atoms with E-state index in [1.807, 2.05) is 42.3 Å². The number of fused-ring (bicyclic) bond motifs is 1. The molecular formula is C21H26N4O2. The third-order valence-corrected chi connectivity index (χ3v) is 5.36. The molecule has 27 heavy (non-hydrogen) atoms. The van der Waals surface area contributed by atoms with Crippen LogP contribution >= 0.6 is 0 Å². The van der Waals surface area contributed by atoms with Crippen molar-refractivity contribution in [3.63, 3.8) is 0 Å². The number of amides is 1. The van der Waals surface area contributed by atoms with Gasteiger partial charge in [0, 0.05) is 37.2 Å². The Morgan fingerprint density at radius 1 is 1.30 bits per heavy atom. The van der Waals surface area contributed by atoms with Crippen LogP contribution in [0.4, 0.5) is 0 Å². The molecule has 1 N–H and O–H groups in total. The van der Waals surface area contributed by atoms with Gasteiger partial charge in [0.1, 0.15) is 11.6 Å². The lowest BCUT2D eigenvalue weighted by Crippen LogP contribution is -2.37. The summed E-state index contributed by atoms with van der Waals surface area (Å²) in [5.41, 5.74) is 2.77. The molecule has 3 heterocycles. The summed E-state index contributed by atoms with van der Waals surface area (Å²) in [5, 5.41) is 3.38. The topological polar surface area (TPSA) is 67.3 Å². The van der Waals surface area contributed by atoms with Gasteiger partial charge in [-0.15, -0.1) is 0 Å². The third-order valence-electron chi connectivity index (χ3n) is 5.36. The molecule has 2 aliphatic heterocycles. The number of nitrogens with zero attached hydrogens (tertiary/aromatic N) is 3. The van der Waals surface area contributed by atoms with E-state index in [9.17, 15) is 4.79 Å². The number of benzene rings is 1. The maximum atomic E-state index is 13.0. The molecule has 0 aliphatic carbocycles. The Morgan fingerprint density at radius 3 is 2.93 bits per heavy atom. The van der Waals surface area contributed by atoms with Crippen molar-refractivity contribution in [3.05, 3.63) is 53.1 Å². The molecule has 1 aromatic carbocycles. The van der Waals surface area contributed by atoms with Gasteiger partial charge in [-0.2, -0.15) is 0 Å². The second kappa shape index (κ2) is 8.05. The van der Waals surface area contributed by atoms with E-state index in [0.29, 0.717) is 36.9 Å². The van der Waals surface area contributed by atoms with Gasteiger partial charge in [-0.05, 0) is 45.0 Å². The summed E-state index contributed by atoms with van der Waals surface area (Å²) >= 11 is 0. The Balaban J connectivity index is 1.51. The van der Waals surface area contributed by atoms with Gasteiger partial charge in [0.25, 0.3) is 5.91 Å². The first-order valence-corrected chi connectivity index (χ1v) is 9.82. The minimum atomic E-state index is 0.00660. The Morgan fingerprint density at radius 2 is 2.11 bits per heavy atom. The van der Waals surface area contributed by atoms with Crippen LogP contribution in [0.3, 0.4) is 0 Å². The van der Waals surface area contributed by atoms with Gasteiger partial charge in [0.05, 0.1) is 17.9 Å². The van der Waals surface area contributed by atoms with E-state index in [0.717, 1.165) is 49.4 Å². The Labute approximate surface area is 160 Å². The summed E-state index contributed by atoms with van der Waals surface area (Å²) in [4.78, 5) is 24.4. The van der Waals surface area contributed by atoms with Crippen LogP contribution in [0.5, 0.6) is 5.75 Å². The van der Waals surface area contributed by atoms with Crippen molar-refractivity contribution in [2.24, 2.45) is 0 Å². The number of nitrogens with one attached hydrogen (secondary N) is 1. The van der Waals surface area contributed by atoms with Crippen molar-refractivity contribution < 1.29 is 9.53 Å². The average molecular weight is 366 g/mol. The van der Waals surface area contributed by atoms with E-state index >= 15 is 0 Å². The standard InChI is InChI=1S/C21H26N4O2/c1-2-27-19-6-4-3-5-17(19)21(26)25-12-9-18-16(14-25)13-23-20(24-18)15-7-10-22-11-8-15/h3-6,13,15,22H,2,7-12,14H2,1H3. The maximum Gasteiger partial charge on any atom is 0.257 e. The van der Waals surface area contributed by atoms with Crippen molar-refractivity contribution in [3.8, 4) is 5.75 Å². The lowest BCUT2D eigenvalue weighted by atomic mass is 9.96. The molecule has 2 aromatic rings. The number of aromatic nitrogens is 2. The maximum absolute atomic E-state index is 13.0.